The van der Waals surface area contributed by atoms with Crippen LogP contribution in [-0.2, 0) is 11.4 Å². The van der Waals surface area contributed by atoms with Gasteiger partial charge < -0.3 is 9.54 Å². The summed E-state index contributed by atoms with van der Waals surface area (Å²) in [5, 5.41) is 0. The van der Waals surface area contributed by atoms with Crippen molar-refractivity contribution in [3.05, 3.63) is 41.9 Å². The molecule has 0 spiro atoms. The summed E-state index contributed by atoms with van der Waals surface area (Å²) in [6.07, 6.45) is 7.19. The van der Waals surface area contributed by atoms with Gasteiger partial charge in [0.15, 0.2) is 4.58 Å². The van der Waals surface area contributed by atoms with Crippen molar-refractivity contribution < 1.29 is 4.55 Å². The Morgan fingerprint density at radius 2 is 2.08 bits per heavy atom. The molecule has 1 saturated heterocycles. The Kier molecular flexibility index (Phi) is 5.92. The van der Waals surface area contributed by atoms with E-state index in [-0.39, 0.29) is 10.6 Å². The summed E-state index contributed by atoms with van der Waals surface area (Å²) in [6, 6.07) is 8.56. The Bertz CT molecular complexity index is 659. The molecule has 1 N–H and O–H groups in total. The molecule has 1 aromatic heterocycles. The zero-order valence-electron chi connectivity index (χ0n) is 14.5. The van der Waals surface area contributed by atoms with Crippen LogP contribution in [0.4, 0.5) is 0 Å². The molecule has 1 aromatic carbocycles. The topological polar surface area (TPSA) is 55.0 Å². The molecule has 2 heterocycles. The van der Waals surface area contributed by atoms with Gasteiger partial charge in [-0.15, -0.1) is 16.1 Å². The third kappa shape index (κ3) is 3.82. The standard InChI is InChI=1S/C18H25N3OS2/c1-13-7-9-15(10-8-13)16-12-19-18(20-16)17-6-4-5-11-21(17)24(22)14(2)23-3/h7-10,12,14,17H,4-6,11H2,1-3H3,(H,19,20). The molecule has 1 fully saturated rings. The first kappa shape index (κ1) is 17.9. The van der Waals surface area contributed by atoms with Crippen LogP contribution in [0.5, 0.6) is 0 Å². The van der Waals surface area contributed by atoms with Crippen molar-refractivity contribution in [3.8, 4) is 11.3 Å². The van der Waals surface area contributed by atoms with Crippen molar-refractivity contribution in [3.63, 3.8) is 0 Å². The van der Waals surface area contributed by atoms with Crippen molar-refractivity contribution in [1.29, 1.82) is 0 Å². The first-order valence-electron chi connectivity index (χ1n) is 8.42. The summed E-state index contributed by atoms with van der Waals surface area (Å²) in [7, 11) is 0. The number of thioether (sulfide) groups is 1. The van der Waals surface area contributed by atoms with Gasteiger partial charge in [-0.25, -0.2) is 4.98 Å². The number of aromatic nitrogens is 2. The van der Waals surface area contributed by atoms with E-state index in [9.17, 15) is 4.55 Å². The summed E-state index contributed by atoms with van der Waals surface area (Å²) in [5.41, 5.74) is 3.41. The number of aromatic amines is 1. The first-order chi connectivity index (χ1) is 11.6. The second kappa shape index (κ2) is 7.95. The third-order valence-corrected chi connectivity index (χ3v) is 7.78. The number of hydrogen-bond acceptors (Lipinski definition) is 4. The van der Waals surface area contributed by atoms with Gasteiger partial charge in [-0.1, -0.05) is 29.8 Å². The molecular formula is C18H25N3OS2. The van der Waals surface area contributed by atoms with Gasteiger partial charge in [0.2, 0.25) is 0 Å². The van der Waals surface area contributed by atoms with Crippen LogP contribution >= 0.6 is 11.8 Å². The van der Waals surface area contributed by atoms with Gasteiger partial charge in [0.1, 0.15) is 11.9 Å². The van der Waals surface area contributed by atoms with Crippen LogP contribution in [0.2, 0.25) is 0 Å². The van der Waals surface area contributed by atoms with Gasteiger partial charge >= 0.3 is 0 Å². The highest BCUT2D eigenvalue weighted by Crippen LogP contribution is 2.35. The molecule has 6 heteroatoms. The summed E-state index contributed by atoms with van der Waals surface area (Å²) >= 11 is 0.671. The number of benzene rings is 1. The maximum absolute atomic E-state index is 12.8. The number of rotatable bonds is 5. The van der Waals surface area contributed by atoms with E-state index in [1.807, 2.05) is 19.4 Å². The molecule has 24 heavy (non-hydrogen) atoms. The summed E-state index contributed by atoms with van der Waals surface area (Å²) in [5.74, 6) is 0.937. The van der Waals surface area contributed by atoms with Gasteiger partial charge in [-0.05, 0) is 44.9 Å². The maximum atomic E-state index is 12.8. The number of imidazole rings is 1. The fourth-order valence-electron chi connectivity index (χ4n) is 3.05. The lowest BCUT2D eigenvalue weighted by Gasteiger charge is -2.35. The summed E-state index contributed by atoms with van der Waals surface area (Å²) < 4.78 is 15.0. The largest absolute Gasteiger partial charge is 0.597 e. The van der Waals surface area contributed by atoms with Crippen molar-refractivity contribution in [2.75, 3.05) is 12.8 Å². The minimum absolute atomic E-state index is 0.108. The molecule has 1 aliphatic heterocycles. The number of hydrogen-bond donors (Lipinski definition) is 1. The fraction of sp³-hybridized carbons (Fsp3) is 0.500. The number of nitrogens with one attached hydrogen (secondary N) is 1. The highest BCUT2D eigenvalue weighted by molar-refractivity contribution is 8.12. The van der Waals surface area contributed by atoms with E-state index in [4.69, 9.17) is 0 Å². The average Bonchev–Trinajstić information content (AvgIpc) is 3.11. The van der Waals surface area contributed by atoms with Crippen LogP contribution in [0.25, 0.3) is 11.3 Å². The molecule has 2 aromatic rings. The van der Waals surface area contributed by atoms with Gasteiger partial charge in [0.05, 0.1) is 23.3 Å². The number of aryl methyl sites for hydroxylation is 1. The lowest BCUT2D eigenvalue weighted by Crippen LogP contribution is -2.42. The lowest BCUT2D eigenvalue weighted by atomic mass is 10.0. The Balaban J connectivity index is 1.82. The maximum Gasteiger partial charge on any atom is 0.177 e. The van der Waals surface area contributed by atoms with Crippen molar-refractivity contribution in [1.82, 2.24) is 14.3 Å². The van der Waals surface area contributed by atoms with Gasteiger partial charge in [-0.2, -0.15) is 0 Å². The molecule has 0 amide bonds. The van der Waals surface area contributed by atoms with E-state index in [1.165, 1.54) is 5.56 Å². The molecule has 3 atom stereocenters. The summed E-state index contributed by atoms with van der Waals surface area (Å²) in [4.78, 5) is 8.08. The Labute approximate surface area is 151 Å². The van der Waals surface area contributed by atoms with E-state index >= 15 is 0 Å². The van der Waals surface area contributed by atoms with Crippen LogP contribution < -0.4 is 0 Å². The van der Waals surface area contributed by atoms with Crippen LogP contribution in [0.3, 0.4) is 0 Å². The zero-order chi connectivity index (χ0) is 17.1. The van der Waals surface area contributed by atoms with Crippen molar-refractivity contribution >= 4 is 23.1 Å². The first-order valence-corrected chi connectivity index (χ1v) is 10.9. The Morgan fingerprint density at radius 1 is 1.33 bits per heavy atom. The van der Waals surface area contributed by atoms with E-state index < -0.39 is 11.4 Å². The minimum Gasteiger partial charge on any atom is -0.597 e. The van der Waals surface area contributed by atoms with E-state index in [1.54, 1.807) is 11.8 Å². The third-order valence-electron chi connectivity index (χ3n) is 4.57. The molecule has 0 aliphatic carbocycles. The molecular weight excluding hydrogens is 338 g/mol. The zero-order valence-corrected chi connectivity index (χ0v) is 16.1. The van der Waals surface area contributed by atoms with Crippen LogP contribution in [-0.4, -0.2) is 36.2 Å². The second-order valence-electron chi connectivity index (χ2n) is 6.28. The van der Waals surface area contributed by atoms with Gasteiger partial charge in [0.25, 0.3) is 0 Å². The van der Waals surface area contributed by atoms with Crippen LogP contribution in [0, 0.1) is 6.92 Å². The molecule has 0 radical (unpaired) electrons. The molecule has 3 unspecified atom stereocenters. The average molecular weight is 364 g/mol. The summed E-state index contributed by atoms with van der Waals surface area (Å²) in [6.45, 7) is 5.00. The molecule has 0 bridgehead atoms. The van der Waals surface area contributed by atoms with E-state index in [0.29, 0.717) is 0 Å². The quantitative estimate of drug-likeness (QED) is 0.805. The lowest BCUT2D eigenvalue weighted by molar-refractivity contribution is 0.247. The SMILES string of the molecule is CSC(C)[S+]([O-])N1CCCCC1c1ncc(-c2ccc(C)cc2)[nH]1. The van der Waals surface area contributed by atoms with Crippen molar-refractivity contribution in [2.24, 2.45) is 0 Å². The van der Waals surface area contributed by atoms with E-state index in [0.717, 1.165) is 42.9 Å². The normalized spacial score (nSPS) is 21.6. The van der Waals surface area contributed by atoms with Gasteiger partial charge in [-0.3, -0.25) is 0 Å². The van der Waals surface area contributed by atoms with Crippen LogP contribution in [0.1, 0.15) is 43.6 Å². The predicted molar refractivity (Wildman–Crippen MR) is 103 cm³/mol. The van der Waals surface area contributed by atoms with E-state index in [2.05, 4.69) is 45.5 Å². The number of nitrogens with zero attached hydrogens (tertiary/aromatic N) is 2. The van der Waals surface area contributed by atoms with Gasteiger partial charge in [0, 0.05) is 6.54 Å². The predicted octanol–water partition coefficient (Wildman–Crippen LogP) is 4.28. The highest BCUT2D eigenvalue weighted by Gasteiger charge is 2.37. The second-order valence-corrected chi connectivity index (χ2v) is 9.49. The molecule has 4 nitrogen and oxygen atoms in total. The molecule has 130 valence electrons. The Hall–Kier alpha value is -0.950. The smallest absolute Gasteiger partial charge is 0.177 e. The Morgan fingerprint density at radius 3 is 2.79 bits per heavy atom. The fourth-order valence-corrected chi connectivity index (χ4v) is 5.19. The minimum atomic E-state index is -0.984. The highest BCUT2D eigenvalue weighted by atomic mass is 32.3. The monoisotopic (exact) mass is 363 g/mol. The van der Waals surface area contributed by atoms with Crippen molar-refractivity contribution in [2.45, 2.75) is 43.7 Å². The molecule has 0 saturated carbocycles. The number of H-pyrrole nitrogens is 1. The molecule has 3 rings (SSSR count). The molecule has 1 aliphatic rings. The van der Waals surface area contributed by atoms with Crippen LogP contribution in [0.15, 0.2) is 30.5 Å². The number of piperidine rings is 1.